The van der Waals surface area contributed by atoms with Gasteiger partial charge in [-0.25, -0.2) is 0 Å². The normalized spacial score (nSPS) is 18.8. The van der Waals surface area contributed by atoms with E-state index in [-0.39, 0.29) is 17.9 Å². The minimum atomic E-state index is -0.165. The molecule has 1 aliphatic heterocycles. The number of para-hydroxylation sites is 1. The Labute approximate surface area is 166 Å². The summed E-state index contributed by atoms with van der Waals surface area (Å²) in [5.74, 6) is 2.23. The molecule has 2 aromatic rings. The van der Waals surface area contributed by atoms with Crippen LogP contribution in [0.25, 0.3) is 0 Å². The highest BCUT2D eigenvalue weighted by Gasteiger charge is 2.25. The number of hydrogen-bond donors (Lipinski definition) is 1. The first-order valence-electron chi connectivity index (χ1n) is 10.0. The highest BCUT2D eigenvalue weighted by atomic mass is 16.5. The lowest BCUT2D eigenvalue weighted by Crippen LogP contribution is -2.37. The predicted octanol–water partition coefficient (Wildman–Crippen LogP) is 3.88. The maximum absolute atomic E-state index is 12.6. The monoisotopic (exact) mass is 381 g/mol. The Morgan fingerprint density at radius 3 is 2.79 bits per heavy atom. The molecule has 4 rings (SSSR count). The maximum atomic E-state index is 12.6. The number of amides is 1. The molecule has 28 heavy (non-hydrogen) atoms. The highest BCUT2D eigenvalue weighted by molar-refractivity contribution is 5.79. The van der Waals surface area contributed by atoms with Crippen molar-refractivity contribution in [3.63, 3.8) is 0 Å². The van der Waals surface area contributed by atoms with Gasteiger partial charge in [0.25, 0.3) is 0 Å². The van der Waals surface area contributed by atoms with Gasteiger partial charge in [0.05, 0.1) is 19.1 Å². The Balaban J connectivity index is 1.34. The molecule has 1 atom stereocenters. The summed E-state index contributed by atoms with van der Waals surface area (Å²) in [7, 11) is 1.65. The van der Waals surface area contributed by atoms with E-state index in [0.29, 0.717) is 25.3 Å². The number of fused-ring (bicyclic) bond motifs is 1. The molecule has 0 saturated heterocycles. The van der Waals surface area contributed by atoms with Crippen LogP contribution in [0.5, 0.6) is 17.2 Å². The second-order valence-corrected chi connectivity index (χ2v) is 7.55. The van der Waals surface area contributed by atoms with Crippen molar-refractivity contribution in [1.29, 1.82) is 0 Å². The third-order valence-electron chi connectivity index (χ3n) is 5.54. The van der Waals surface area contributed by atoms with E-state index in [2.05, 4.69) is 5.32 Å². The number of carbonyl (C=O) groups is 1. The van der Waals surface area contributed by atoms with Crippen molar-refractivity contribution in [2.24, 2.45) is 5.92 Å². The molecule has 1 saturated carbocycles. The zero-order valence-corrected chi connectivity index (χ0v) is 16.3. The van der Waals surface area contributed by atoms with Gasteiger partial charge in [-0.15, -0.1) is 0 Å². The summed E-state index contributed by atoms with van der Waals surface area (Å²) in [6.07, 6.45) is 5.66. The molecule has 0 aromatic heterocycles. The maximum Gasteiger partial charge on any atom is 0.227 e. The molecule has 1 heterocycles. The number of nitrogens with one attached hydrogen (secondary N) is 1. The van der Waals surface area contributed by atoms with Crippen LogP contribution < -0.4 is 19.5 Å². The van der Waals surface area contributed by atoms with Gasteiger partial charge in [-0.2, -0.15) is 0 Å². The van der Waals surface area contributed by atoms with Gasteiger partial charge in [-0.1, -0.05) is 24.3 Å². The summed E-state index contributed by atoms with van der Waals surface area (Å²) in [5.41, 5.74) is 2.07. The number of carbonyl (C=O) groups excluding carboxylic acids is 1. The van der Waals surface area contributed by atoms with Gasteiger partial charge in [0.2, 0.25) is 5.91 Å². The van der Waals surface area contributed by atoms with Crippen LogP contribution in [0.2, 0.25) is 0 Å². The van der Waals surface area contributed by atoms with Crippen molar-refractivity contribution in [1.82, 2.24) is 5.32 Å². The van der Waals surface area contributed by atoms with Gasteiger partial charge < -0.3 is 19.5 Å². The molecule has 1 aliphatic carbocycles. The number of benzene rings is 2. The molecule has 1 amide bonds. The van der Waals surface area contributed by atoms with Crippen LogP contribution >= 0.6 is 0 Å². The van der Waals surface area contributed by atoms with Gasteiger partial charge >= 0.3 is 0 Å². The Hall–Kier alpha value is -2.69. The summed E-state index contributed by atoms with van der Waals surface area (Å²) in [6.45, 7) is 0.872. The first-order valence-corrected chi connectivity index (χ1v) is 10.0. The van der Waals surface area contributed by atoms with E-state index < -0.39 is 0 Å². The first kappa shape index (κ1) is 18.7. The van der Waals surface area contributed by atoms with Crippen LogP contribution in [0, 0.1) is 5.92 Å². The summed E-state index contributed by atoms with van der Waals surface area (Å²) in [5, 5.41) is 3.03. The lowest BCUT2D eigenvalue weighted by atomic mass is 9.96. The van der Waals surface area contributed by atoms with Crippen molar-refractivity contribution in [2.45, 2.75) is 44.8 Å². The molecule has 5 nitrogen and oxygen atoms in total. The number of ether oxygens (including phenoxy) is 3. The molecule has 0 spiro atoms. The second-order valence-electron chi connectivity index (χ2n) is 7.55. The molecular formula is C23H27NO4. The van der Waals surface area contributed by atoms with Crippen molar-refractivity contribution in [2.75, 3.05) is 13.7 Å². The Morgan fingerprint density at radius 1 is 1.14 bits per heavy atom. The van der Waals surface area contributed by atoms with Gasteiger partial charge in [-0.05, 0) is 61.4 Å². The minimum Gasteiger partial charge on any atom is -0.493 e. The molecule has 0 bridgehead atoms. The Morgan fingerprint density at radius 2 is 1.96 bits per heavy atom. The van der Waals surface area contributed by atoms with Crippen LogP contribution in [-0.4, -0.2) is 25.7 Å². The van der Waals surface area contributed by atoms with E-state index in [1.807, 2.05) is 42.5 Å². The molecule has 1 N–H and O–H groups in total. The van der Waals surface area contributed by atoms with E-state index in [0.717, 1.165) is 35.5 Å². The van der Waals surface area contributed by atoms with Gasteiger partial charge in [0.15, 0.2) is 11.5 Å². The van der Waals surface area contributed by atoms with Gasteiger partial charge in [-0.3, -0.25) is 4.79 Å². The summed E-state index contributed by atoms with van der Waals surface area (Å²) < 4.78 is 17.3. The Bertz CT molecular complexity index is 829. The smallest absolute Gasteiger partial charge is 0.227 e. The molecule has 0 unspecified atom stereocenters. The topological polar surface area (TPSA) is 56.8 Å². The summed E-state index contributed by atoms with van der Waals surface area (Å²) in [4.78, 5) is 12.6. The molecule has 0 radical (unpaired) electrons. The zero-order chi connectivity index (χ0) is 19.3. The van der Waals surface area contributed by atoms with E-state index in [1.165, 1.54) is 12.8 Å². The SMILES string of the molecule is COc1cc(CNC(=O)[C@H]2COc3ccccc3C2)ccc1OC1CCCC1. The fourth-order valence-electron chi connectivity index (χ4n) is 3.94. The van der Waals surface area contributed by atoms with Crippen LogP contribution in [0.4, 0.5) is 0 Å². The van der Waals surface area contributed by atoms with Crippen molar-refractivity contribution in [3.05, 3.63) is 53.6 Å². The van der Waals surface area contributed by atoms with Crippen LogP contribution in [-0.2, 0) is 17.8 Å². The average molecular weight is 381 g/mol. The fourth-order valence-corrected chi connectivity index (χ4v) is 3.94. The standard InChI is InChI=1S/C23H27NO4/c1-26-22-12-16(10-11-21(22)28-19-7-3-4-8-19)14-24-23(25)18-13-17-6-2-5-9-20(17)27-15-18/h2,5-6,9-12,18-19H,3-4,7-8,13-15H2,1H3,(H,24,25)/t18-/m1/s1. The predicted molar refractivity (Wildman–Crippen MR) is 107 cm³/mol. The first-order chi connectivity index (χ1) is 13.7. The molecule has 5 heteroatoms. The highest BCUT2D eigenvalue weighted by Crippen LogP contribution is 2.32. The van der Waals surface area contributed by atoms with Crippen molar-refractivity contribution >= 4 is 5.91 Å². The lowest BCUT2D eigenvalue weighted by Gasteiger charge is -2.24. The fraction of sp³-hybridized carbons (Fsp3) is 0.435. The molecule has 2 aliphatic rings. The zero-order valence-electron chi connectivity index (χ0n) is 16.3. The summed E-state index contributed by atoms with van der Waals surface area (Å²) >= 11 is 0. The van der Waals surface area contributed by atoms with Crippen LogP contribution in [0.15, 0.2) is 42.5 Å². The minimum absolute atomic E-state index is 0.0137. The van der Waals surface area contributed by atoms with Crippen LogP contribution in [0.1, 0.15) is 36.8 Å². The average Bonchev–Trinajstić information content (AvgIpc) is 3.25. The molecular weight excluding hydrogens is 354 g/mol. The third-order valence-corrected chi connectivity index (χ3v) is 5.54. The summed E-state index contributed by atoms with van der Waals surface area (Å²) in [6, 6.07) is 13.8. The second kappa shape index (κ2) is 8.55. The van der Waals surface area contributed by atoms with Crippen molar-refractivity contribution in [3.8, 4) is 17.2 Å². The third kappa shape index (κ3) is 4.24. The van der Waals surface area contributed by atoms with E-state index in [4.69, 9.17) is 14.2 Å². The number of rotatable bonds is 6. The number of hydrogen-bond acceptors (Lipinski definition) is 4. The van der Waals surface area contributed by atoms with Gasteiger partial charge in [0.1, 0.15) is 12.4 Å². The van der Waals surface area contributed by atoms with Gasteiger partial charge in [0, 0.05) is 6.54 Å². The lowest BCUT2D eigenvalue weighted by molar-refractivity contribution is -0.126. The van der Waals surface area contributed by atoms with E-state index in [1.54, 1.807) is 7.11 Å². The molecule has 1 fully saturated rings. The largest absolute Gasteiger partial charge is 0.493 e. The molecule has 148 valence electrons. The Kier molecular flexibility index (Phi) is 5.70. The number of methoxy groups -OCH3 is 1. The van der Waals surface area contributed by atoms with Crippen LogP contribution in [0.3, 0.4) is 0 Å². The quantitative estimate of drug-likeness (QED) is 0.825. The van der Waals surface area contributed by atoms with E-state index >= 15 is 0 Å². The molecule has 2 aromatic carbocycles. The van der Waals surface area contributed by atoms with E-state index in [9.17, 15) is 4.79 Å². The van der Waals surface area contributed by atoms with Crippen molar-refractivity contribution < 1.29 is 19.0 Å².